The van der Waals surface area contributed by atoms with Crippen molar-refractivity contribution in [2.45, 2.75) is 25.5 Å². The predicted octanol–water partition coefficient (Wildman–Crippen LogP) is 1.62. The second-order valence-corrected chi connectivity index (χ2v) is 3.82. The van der Waals surface area contributed by atoms with Gasteiger partial charge in [0.15, 0.2) is 0 Å². The van der Waals surface area contributed by atoms with Gasteiger partial charge in [0, 0.05) is 7.11 Å². The molecule has 1 rings (SSSR count). The largest absolute Gasteiger partial charge is 0.377 e. The molecular weight excluding hydrogens is 176 g/mol. The zero-order valence-corrected chi connectivity index (χ0v) is 8.95. The maximum absolute atomic E-state index is 5.54. The quantitative estimate of drug-likeness (QED) is 0.565. The number of hydrogen-bond donors (Lipinski definition) is 2. The summed E-state index contributed by atoms with van der Waals surface area (Å²) in [5.41, 5.74) is 3.59. The number of nitrogens with one attached hydrogen (secondary N) is 1. The summed E-state index contributed by atoms with van der Waals surface area (Å²) in [5, 5.41) is 0. The van der Waals surface area contributed by atoms with Gasteiger partial charge in [-0.15, -0.1) is 0 Å². The highest BCUT2D eigenvalue weighted by Gasteiger charge is 2.29. The van der Waals surface area contributed by atoms with Crippen molar-refractivity contribution < 1.29 is 4.74 Å². The number of hydrazine groups is 1. The molecule has 0 aliphatic heterocycles. The van der Waals surface area contributed by atoms with E-state index < -0.39 is 0 Å². The molecule has 1 aromatic rings. The molecule has 78 valence electrons. The van der Waals surface area contributed by atoms with E-state index in [4.69, 9.17) is 10.6 Å². The van der Waals surface area contributed by atoms with E-state index in [0.717, 1.165) is 5.56 Å². The number of ether oxygens (including phenoxy) is 1. The van der Waals surface area contributed by atoms with E-state index >= 15 is 0 Å². The third-order valence-corrected chi connectivity index (χ3v) is 2.52. The van der Waals surface area contributed by atoms with Gasteiger partial charge in [-0.2, -0.15) is 0 Å². The minimum absolute atomic E-state index is 0.00583. The Morgan fingerprint density at radius 1 is 1.29 bits per heavy atom. The summed E-state index contributed by atoms with van der Waals surface area (Å²) in [6.45, 7) is 4.01. The van der Waals surface area contributed by atoms with Gasteiger partial charge in [-0.1, -0.05) is 30.3 Å². The first-order valence-corrected chi connectivity index (χ1v) is 4.68. The van der Waals surface area contributed by atoms with Crippen molar-refractivity contribution in [3.63, 3.8) is 0 Å². The van der Waals surface area contributed by atoms with Gasteiger partial charge in [-0.3, -0.25) is 11.3 Å². The van der Waals surface area contributed by atoms with E-state index in [0.29, 0.717) is 0 Å². The Hall–Kier alpha value is -0.900. The standard InChI is InChI=1S/C11H18N2O/c1-11(2,14-3)10(13-12)9-7-5-4-6-8-9/h4-8,10,13H,12H2,1-3H3. The monoisotopic (exact) mass is 194 g/mol. The van der Waals surface area contributed by atoms with Crippen molar-refractivity contribution >= 4 is 0 Å². The smallest absolute Gasteiger partial charge is 0.0829 e. The third kappa shape index (κ3) is 2.32. The highest BCUT2D eigenvalue weighted by Crippen LogP contribution is 2.27. The SMILES string of the molecule is COC(C)(C)C(NN)c1ccccc1. The van der Waals surface area contributed by atoms with Gasteiger partial charge in [-0.25, -0.2) is 0 Å². The average molecular weight is 194 g/mol. The van der Waals surface area contributed by atoms with Gasteiger partial charge in [0.1, 0.15) is 0 Å². The van der Waals surface area contributed by atoms with Crippen molar-refractivity contribution in [1.82, 2.24) is 5.43 Å². The highest BCUT2D eigenvalue weighted by atomic mass is 16.5. The van der Waals surface area contributed by atoms with E-state index in [2.05, 4.69) is 5.43 Å². The minimum atomic E-state index is -0.323. The molecular formula is C11H18N2O. The topological polar surface area (TPSA) is 47.3 Å². The van der Waals surface area contributed by atoms with Crippen LogP contribution in [-0.2, 0) is 4.74 Å². The minimum Gasteiger partial charge on any atom is -0.377 e. The van der Waals surface area contributed by atoms with Crippen LogP contribution in [0.1, 0.15) is 25.5 Å². The Morgan fingerprint density at radius 3 is 2.29 bits per heavy atom. The van der Waals surface area contributed by atoms with Crippen molar-refractivity contribution in [3.8, 4) is 0 Å². The maximum Gasteiger partial charge on any atom is 0.0829 e. The molecule has 3 heteroatoms. The molecule has 0 heterocycles. The van der Waals surface area contributed by atoms with E-state index in [1.54, 1.807) is 7.11 Å². The Morgan fingerprint density at radius 2 is 1.86 bits per heavy atom. The molecule has 1 atom stereocenters. The van der Waals surface area contributed by atoms with Crippen molar-refractivity contribution in [3.05, 3.63) is 35.9 Å². The van der Waals surface area contributed by atoms with Crippen LogP contribution in [0.25, 0.3) is 0 Å². The average Bonchev–Trinajstić information content (AvgIpc) is 2.20. The summed E-state index contributed by atoms with van der Waals surface area (Å²) in [6, 6.07) is 10.0. The van der Waals surface area contributed by atoms with E-state index in [9.17, 15) is 0 Å². The maximum atomic E-state index is 5.54. The van der Waals surface area contributed by atoms with Crippen LogP contribution in [0.15, 0.2) is 30.3 Å². The fourth-order valence-corrected chi connectivity index (χ4v) is 1.46. The molecule has 14 heavy (non-hydrogen) atoms. The van der Waals surface area contributed by atoms with Crippen LogP contribution in [0.4, 0.5) is 0 Å². The molecule has 0 saturated carbocycles. The van der Waals surface area contributed by atoms with Crippen LogP contribution in [0, 0.1) is 0 Å². The first-order valence-electron chi connectivity index (χ1n) is 4.68. The van der Waals surface area contributed by atoms with Gasteiger partial charge >= 0.3 is 0 Å². The molecule has 0 fully saturated rings. The molecule has 0 aliphatic carbocycles. The lowest BCUT2D eigenvalue weighted by Crippen LogP contribution is -2.43. The fraction of sp³-hybridized carbons (Fsp3) is 0.455. The Kier molecular flexibility index (Phi) is 3.63. The number of nitrogens with two attached hydrogens (primary N) is 1. The summed E-state index contributed by atoms with van der Waals surface area (Å²) in [4.78, 5) is 0. The Balaban J connectivity index is 2.93. The first-order chi connectivity index (χ1) is 6.61. The number of methoxy groups -OCH3 is 1. The van der Waals surface area contributed by atoms with Gasteiger partial charge < -0.3 is 4.74 Å². The lowest BCUT2D eigenvalue weighted by Gasteiger charge is -2.32. The number of rotatable bonds is 4. The summed E-state index contributed by atoms with van der Waals surface area (Å²) in [7, 11) is 1.69. The second-order valence-electron chi connectivity index (χ2n) is 3.82. The zero-order valence-electron chi connectivity index (χ0n) is 8.95. The number of hydrogen-bond acceptors (Lipinski definition) is 3. The van der Waals surface area contributed by atoms with Gasteiger partial charge in [0.05, 0.1) is 11.6 Å². The van der Waals surface area contributed by atoms with Crippen molar-refractivity contribution in [2.75, 3.05) is 7.11 Å². The number of benzene rings is 1. The summed E-state index contributed by atoms with van der Waals surface area (Å²) in [5.74, 6) is 5.54. The summed E-state index contributed by atoms with van der Waals surface area (Å²) in [6.07, 6.45) is 0. The lowest BCUT2D eigenvalue weighted by atomic mass is 9.92. The molecule has 0 bridgehead atoms. The van der Waals surface area contributed by atoms with Crippen molar-refractivity contribution in [1.29, 1.82) is 0 Å². The molecule has 3 N–H and O–H groups in total. The predicted molar refractivity (Wildman–Crippen MR) is 57.6 cm³/mol. The van der Waals surface area contributed by atoms with E-state index in [1.165, 1.54) is 0 Å². The van der Waals surface area contributed by atoms with Crippen LogP contribution >= 0.6 is 0 Å². The Labute approximate surface area is 85.2 Å². The fourth-order valence-electron chi connectivity index (χ4n) is 1.46. The molecule has 1 unspecified atom stereocenters. The molecule has 0 amide bonds. The highest BCUT2D eigenvalue weighted by molar-refractivity contribution is 5.21. The summed E-state index contributed by atoms with van der Waals surface area (Å²) < 4.78 is 5.40. The first kappa shape index (κ1) is 11.2. The van der Waals surface area contributed by atoms with E-state index in [1.807, 2.05) is 44.2 Å². The van der Waals surface area contributed by atoms with Crippen LogP contribution in [0.5, 0.6) is 0 Å². The van der Waals surface area contributed by atoms with Gasteiger partial charge in [0.2, 0.25) is 0 Å². The molecule has 0 aliphatic rings. The molecule has 0 aromatic heterocycles. The third-order valence-electron chi connectivity index (χ3n) is 2.52. The van der Waals surface area contributed by atoms with Crippen molar-refractivity contribution in [2.24, 2.45) is 5.84 Å². The zero-order chi connectivity index (χ0) is 10.6. The van der Waals surface area contributed by atoms with Crippen LogP contribution in [0.3, 0.4) is 0 Å². The Bertz CT molecular complexity index is 272. The van der Waals surface area contributed by atoms with Gasteiger partial charge in [-0.05, 0) is 19.4 Å². The van der Waals surface area contributed by atoms with E-state index in [-0.39, 0.29) is 11.6 Å². The molecule has 0 radical (unpaired) electrons. The summed E-state index contributed by atoms with van der Waals surface area (Å²) >= 11 is 0. The molecule has 3 nitrogen and oxygen atoms in total. The normalized spacial score (nSPS) is 14.0. The second kappa shape index (κ2) is 4.55. The molecule has 1 aromatic carbocycles. The van der Waals surface area contributed by atoms with Gasteiger partial charge in [0.25, 0.3) is 0 Å². The molecule has 0 spiro atoms. The molecule has 0 saturated heterocycles. The van der Waals surface area contributed by atoms with Crippen LogP contribution < -0.4 is 11.3 Å². The van der Waals surface area contributed by atoms with Crippen LogP contribution in [0.2, 0.25) is 0 Å². The van der Waals surface area contributed by atoms with Crippen LogP contribution in [-0.4, -0.2) is 12.7 Å². The lowest BCUT2D eigenvalue weighted by molar-refractivity contribution is -0.0111.